The summed E-state index contributed by atoms with van der Waals surface area (Å²) in [5.74, 6) is 6.54. The zero-order valence-corrected chi connectivity index (χ0v) is 9.93. The number of hydrogen-bond donors (Lipinski definition) is 1. The molecule has 88 valence electrons. The molecule has 2 N–H and O–H groups in total. The lowest BCUT2D eigenvalue weighted by molar-refractivity contribution is 0.207. The second kappa shape index (κ2) is 6.00. The van der Waals surface area contributed by atoms with Gasteiger partial charge in [-0.25, -0.2) is 0 Å². The summed E-state index contributed by atoms with van der Waals surface area (Å²) in [6, 6.07) is 5.61. The second-order valence-electron chi connectivity index (χ2n) is 3.49. The molecule has 0 radical (unpaired) electrons. The molecule has 0 spiro atoms. The van der Waals surface area contributed by atoms with Crippen molar-refractivity contribution in [2.24, 2.45) is 10.9 Å². The fourth-order valence-corrected chi connectivity index (χ4v) is 1.29. The molecule has 0 aliphatic rings. The first-order valence-corrected chi connectivity index (χ1v) is 5.29. The van der Waals surface area contributed by atoms with Crippen LogP contribution in [0.2, 0.25) is 0 Å². The van der Waals surface area contributed by atoms with Crippen molar-refractivity contribution in [1.82, 2.24) is 0 Å². The zero-order chi connectivity index (χ0) is 12.0. The van der Waals surface area contributed by atoms with Crippen molar-refractivity contribution in [3.8, 4) is 11.5 Å². The summed E-state index contributed by atoms with van der Waals surface area (Å²) in [6.07, 6.45) is 2.61. The van der Waals surface area contributed by atoms with Gasteiger partial charge in [0.1, 0.15) is 0 Å². The normalized spacial score (nSPS) is 12.7. The second-order valence-corrected chi connectivity index (χ2v) is 3.49. The van der Waals surface area contributed by atoms with Crippen LogP contribution < -0.4 is 15.3 Å². The number of nitrogens with two attached hydrogens (primary N) is 1. The van der Waals surface area contributed by atoms with E-state index in [1.54, 1.807) is 13.3 Å². The van der Waals surface area contributed by atoms with Crippen LogP contribution in [-0.2, 0) is 0 Å². The molecule has 0 heterocycles. The number of ether oxygens (including phenoxy) is 2. The minimum Gasteiger partial charge on any atom is -0.493 e. The maximum Gasteiger partial charge on any atom is 0.170 e. The lowest BCUT2D eigenvalue weighted by atomic mass is 10.2. The minimum atomic E-state index is 0.126. The molecule has 1 aromatic rings. The number of rotatable bonds is 5. The Balaban J connectivity index is 3.08. The van der Waals surface area contributed by atoms with E-state index in [0.717, 1.165) is 12.0 Å². The summed E-state index contributed by atoms with van der Waals surface area (Å²) < 4.78 is 11.0. The van der Waals surface area contributed by atoms with E-state index in [-0.39, 0.29) is 6.10 Å². The van der Waals surface area contributed by atoms with Crippen molar-refractivity contribution in [1.29, 1.82) is 0 Å². The van der Waals surface area contributed by atoms with Crippen LogP contribution in [0.3, 0.4) is 0 Å². The lowest BCUT2D eigenvalue weighted by Crippen LogP contribution is -2.12. The Morgan fingerprint density at radius 2 is 2.25 bits per heavy atom. The monoisotopic (exact) mass is 222 g/mol. The van der Waals surface area contributed by atoms with Crippen molar-refractivity contribution >= 4 is 6.21 Å². The maximum absolute atomic E-state index is 5.80. The van der Waals surface area contributed by atoms with E-state index in [4.69, 9.17) is 15.3 Å². The van der Waals surface area contributed by atoms with Gasteiger partial charge in [-0.05, 0) is 25.5 Å². The summed E-state index contributed by atoms with van der Waals surface area (Å²) in [7, 11) is 1.61. The van der Waals surface area contributed by atoms with Gasteiger partial charge in [0.05, 0.1) is 19.4 Å². The van der Waals surface area contributed by atoms with Gasteiger partial charge in [0.2, 0.25) is 0 Å². The predicted octanol–water partition coefficient (Wildman–Crippen LogP) is 2.17. The van der Waals surface area contributed by atoms with E-state index in [1.165, 1.54) is 0 Å². The number of benzene rings is 1. The number of hydrazone groups is 1. The van der Waals surface area contributed by atoms with E-state index >= 15 is 0 Å². The number of methoxy groups -OCH3 is 1. The number of nitrogens with zero attached hydrogens (tertiary/aromatic N) is 1. The highest BCUT2D eigenvalue weighted by Gasteiger charge is 2.11. The van der Waals surface area contributed by atoms with Crippen molar-refractivity contribution in [2.75, 3.05) is 7.11 Å². The van der Waals surface area contributed by atoms with Crippen LogP contribution in [0.5, 0.6) is 11.5 Å². The molecule has 1 unspecified atom stereocenters. The van der Waals surface area contributed by atoms with Crippen molar-refractivity contribution < 1.29 is 9.47 Å². The van der Waals surface area contributed by atoms with Crippen LogP contribution in [0.25, 0.3) is 0 Å². The van der Waals surface area contributed by atoms with Crippen LogP contribution in [0.4, 0.5) is 0 Å². The molecule has 0 aliphatic heterocycles. The zero-order valence-electron chi connectivity index (χ0n) is 9.93. The highest BCUT2D eigenvalue weighted by Crippen LogP contribution is 2.31. The van der Waals surface area contributed by atoms with Crippen molar-refractivity contribution in [2.45, 2.75) is 26.4 Å². The molecule has 0 saturated carbocycles. The van der Waals surface area contributed by atoms with Gasteiger partial charge in [-0.1, -0.05) is 13.0 Å². The smallest absolute Gasteiger partial charge is 0.170 e. The maximum atomic E-state index is 5.80. The molecule has 4 nitrogen and oxygen atoms in total. The van der Waals surface area contributed by atoms with Crippen LogP contribution in [0.15, 0.2) is 23.3 Å². The van der Waals surface area contributed by atoms with Gasteiger partial charge >= 0.3 is 0 Å². The summed E-state index contributed by atoms with van der Waals surface area (Å²) in [6.45, 7) is 4.08. The molecule has 0 amide bonds. The first kappa shape index (κ1) is 12.4. The molecule has 0 aliphatic carbocycles. The van der Waals surface area contributed by atoms with Gasteiger partial charge in [0, 0.05) is 5.56 Å². The molecule has 1 rings (SSSR count). The third kappa shape index (κ3) is 2.89. The molecule has 1 atom stereocenters. The van der Waals surface area contributed by atoms with E-state index in [0.29, 0.717) is 11.5 Å². The standard InChI is InChI=1S/C12H18N2O2/c1-4-9(2)16-12-10(8-14-13)6-5-7-11(12)15-3/h5-9H,4,13H2,1-3H3. The van der Waals surface area contributed by atoms with Crippen LogP contribution >= 0.6 is 0 Å². The van der Waals surface area contributed by atoms with E-state index in [9.17, 15) is 0 Å². The summed E-state index contributed by atoms with van der Waals surface area (Å²) in [5, 5.41) is 3.51. The largest absolute Gasteiger partial charge is 0.493 e. The molecular weight excluding hydrogens is 204 g/mol. The number of para-hydroxylation sites is 1. The van der Waals surface area contributed by atoms with Gasteiger partial charge in [-0.3, -0.25) is 0 Å². The Kier molecular flexibility index (Phi) is 4.64. The average molecular weight is 222 g/mol. The Morgan fingerprint density at radius 1 is 1.50 bits per heavy atom. The van der Waals surface area contributed by atoms with E-state index in [2.05, 4.69) is 12.0 Å². The van der Waals surface area contributed by atoms with E-state index < -0.39 is 0 Å². The molecular formula is C12H18N2O2. The number of hydrogen-bond acceptors (Lipinski definition) is 4. The third-order valence-corrected chi connectivity index (χ3v) is 2.34. The molecule has 4 heteroatoms. The van der Waals surface area contributed by atoms with Crippen LogP contribution in [0, 0.1) is 0 Å². The van der Waals surface area contributed by atoms with Crippen molar-refractivity contribution in [3.63, 3.8) is 0 Å². The molecule has 1 aromatic carbocycles. The quantitative estimate of drug-likeness (QED) is 0.472. The molecule has 0 fully saturated rings. The first-order chi connectivity index (χ1) is 7.72. The molecule has 0 bridgehead atoms. The fourth-order valence-electron chi connectivity index (χ4n) is 1.29. The Bertz CT molecular complexity index is 364. The fraction of sp³-hybridized carbons (Fsp3) is 0.417. The highest BCUT2D eigenvalue weighted by atomic mass is 16.5. The topological polar surface area (TPSA) is 56.8 Å². The summed E-state index contributed by atoms with van der Waals surface area (Å²) in [5.41, 5.74) is 0.821. The Morgan fingerprint density at radius 3 is 2.81 bits per heavy atom. The lowest BCUT2D eigenvalue weighted by Gasteiger charge is -2.17. The molecule has 0 saturated heterocycles. The third-order valence-electron chi connectivity index (χ3n) is 2.34. The van der Waals surface area contributed by atoms with Gasteiger partial charge < -0.3 is 15.3 Å². The first-order valence-electron chi connectivity index (χ1n) is 5.29. The Hall–Kier alpha value is -1.71. The highest BCUT2D eigenvalue weighted by molar-refractivity contribution is 5.84. The van der Waals surface area contributed by atoms with Crippen LogP contribution in [0.1, 0.15) is 25.8 Å². The average Bonchev–Trinajstić information content (AvgIpc) is 2.31. The van der Waals surface area contributed by atoms with Gasteiger partial charge in [0.25, 0.3) is 0 Å². The molecule has 16 heavy (non-hydrogen) atoms. The van der Waals surface area contributed by atoms with Gasteiger partial charge in [-0.15, -0.1) is 0 Å². The SMILES string of the molecule is CCC(C)Oc1c(C=NN)cccc1OC. The van der Waals surface area contributed by atoms with Gasteiger partial charge in [-0.2, -0.15) is 5.10 Å². The minimum absolute atomic E-state index is 0.126. The van der Waals surface area contributed by atoms with Crippen molar-refractivity contribution in [3.05, 3.63) is 23.8 Å². The van der Waals surface area contributed by atoms with E-state index in [1.807, 2.05) is 25.1 Å². The van der Waals surface area contributed by atoms with Gasteiger partial charge in [0.15, 0.2) is 11.5 Å². The van der Waals surface area contributed by atoms with Crippen LogP contribution in [-0.4, -0.2) is 19.4 Å². The predicted molar refractivity (Wildman–Crippen MR) is 65.2 cm³/mol. The Labute approximate surface area is 96.1 Å². The molecule has 0 aromatic heterocycles. The summed E-state index contributed by atoms with van der Waals surface area (Å²) >= 11 is 0. The summed E-state index contributed by atoms with van der Waals surface area (Å²) in [4.78, 5) is 0.